The van der Waals surface area contributed by atoms with E-state index >= 15 is 0 Å². The SMILES string of the molecule is NC(N)=NC(N)=NN(c1ccccc1)c1ccccc1. The van der Waals surface area contributed by atoms with E-state index in [1.165, 1.54) is 0 Å². The molecule has 0 aliphatic carbocycles. The molecule has 102 valence electrons. The molecule has 6 heteroatoms. The molecule has 0 unspecified atom stereocenters. The molecule has 0 radical (unpaired) electrons. The molecule has 0 spiro atoms. The van der Waals surface area contributed by atoms with Gasteiger partial charge in [-0.25, -0.2) is 5.01 Å². The van der Waals surface area contributed by atoms with Crippen LogP contribution in [0.1, 0.15) is 0 Å². The van der Waals surface area contributed by atoms with E-state index in [9.17, 15) is 0 Å². The molecular weight excluding hydrogens is 252 g/mol. The number of hydrogen-bond acceptors (Lipinski definition) is 2. The van der Waals surface area contributed by atoms with E-state index < -0.39 is 0 Å². The summed E-state index contributed by atoms with van der Waals surface area (Å²) in [5.41, 5.74) is 18.0. The molecule has 0 aromatic heterocycles. The molecule has 0 bridgehead atoms. The van der Waals surface area contributed by atoms with Crippen LogP contribution < -0.4 is 22.2 Å². The van der Waals surface area contributed by atoms with Gasteiger partial charge in [0.2, 0.25) is 5.96 Å². The van der Waals surface area contributed by atoms with Crippen LogP contribution >= 0.6 is 0 Å². The summed E-state index contributed by atoms with van der Waals surface area (Å²) in [5.74, 6) is -0.148. The Morgan fingerprint density at radius 2 is 1.20 bits per heavy atom. The van der Waals surface area contributed by atoms with Crippen LogP contribution in [-0.4, -0.2) is 11.9 Å². The number of nitrogens with two attached hydrogens (primary N) is 3. The highest BCUT2D eigenvalue weighted by molar-refractivity contribution is 5.93. The molecule has 0 saturated heterocycles. The van der Waals surface area contributed by atoms with Crippen LogP contribution in [0, 0.1) is 0 Å². The minimum Gasteiger partial charge on any atom is -0.370 e. The summed E-state index contributed by atoms with van der Waals surface area (Å²) in [7, 11) is 0. The lowest BCUT2D eigenvalue weighted by Crippen LogP contribution is -2.27. The Morgan fingerprint density at radius 1 is 0.750 bits per heavy atom. The predicted octanol–water partition coefficient (Wildman–Crippen LogP) is 1.33. The standard InChI is InChI=1S/C14H16N6/c15-13(16)18-14(17)19-20(11-7-3-1-4-8-11)12-9-5-2-6-10-12/h1-10H,(H6,15,16,17,18,19). The lowest BCUT2D eigenvalue weighted by Gasteiger charge is -2.19. The van der Waals surface area contributed by atoms with Crippen molar-refractivity contribution in [2.45, 2.75) is 0 Å². The smallest absolute Gasteiger partial charge is 0.241 e. The molecule has 0 heterocycles. The van der Waals surface area contributed by atoms with Gasteiger partial charge in [-0.1, -0.05) is 36.4 Å². The van der Waals surface area contributed by atoms with Gasteiger partial charge in [0.05, 0.1) is 11.4 Å². The van der Waals surface area contributed by atoms with Crippen LogP contribution in [0.15, 0.2) is 70.8 Å². The third-order valence-electron chi connectivity index (χ3n) is 2.45. The van der Waals surface area contributed by atoms with Crippen molar-refractivity contribution in [2.24, 2.45) is 27.3 Å². The van der Waals surface area contributed by atoms with E-state index in [4.69, 9.17) is 17.2 Å². The quantitative estimate of drug-likeness (QED) is 0.443. The number of hydrazone groups is 1. The molecule has 0 amide bonds. The monoisotopic (exact) mass is 268 g/mol. The summed E-state index contributed by atoms with van der Waals surface area (Å²) in [4.78, 5) is 3.73. The molecule has 6 N–H and O–H groups in total. The van der Waals surface area contributed by atoms with Crippen molar-refractivity contribution < 1.29 is 0 Å². The van der Waals surface area contributed by atoms with E-state index in [0.717, 1.165) is 11.4 Å². The normalized spacial score (nSPS) is 10.9. The molecular formula is C14H16N6. The summed E-state index contributed by atoms with van der Waals surface area (Å²) in [6.45, 7) is 0. The number of anilines is 2. The van der Waals surface area contributed by atoms with E-state index in [2.05, 4.69) is 10.1 Å². The lowest BCUT2D eigenvalue weighted by atomic mass is 10.2. The summed E-state index contributed by atoms with van der Waals surface area (Å²) in [6, 6.07) is 19.2. The van der Waals surface area contributed by atoms with Crippen LogP contribution in [0.3, 0.4) is 0 Å². The van der Waals surface area contributed by atoms with Gasteiger partial charge in [0.1, 0.15) is 0 Å². The van der Waals surface area contributed by atoms with E-state index in [1.807, 2.05) is 60.7 Å². The zero-order chi connectivity index (χ0) is 14.4. The fraction of sp³-hybridized carbons (Fsp3) is 0. The van der Waals surface area contributed by atoms with Gasteiger partial charge in [-0.15, -0.1) is 5.10 Å². The van der Waals surface area contributed by atoms with Crippen molar-refractivity contribution in [2.75, 3.05) is 5.01 Å². The Kier molecular flexibility index (Phi) is 4.18. The molecule has 0 fully saturated rings. The fourth-order valence-electron chi connectivity index (χ4n) is 1.66. The summed E-state index contributed by atoms with van der Waals surface area (Å²) < 4.78 is 0. The van der Waals surface area contributed by atoms with Crippen molar-refractivity contribution in [3.63, 3.8) is 0 Å². The minimum absolute atomic E-state index is 0.0160. The molecule has 2 rings (SSSR count). The van der Waals surface area contributed by atoms with Crippen LogP contribution in [0.5, 0.6) is 0 Å². The van der Waals surface area contributed by atoms with Gasteiger partial charge >= 0.3 is 0 Å². The second-order valence-electron chi connectivity index (χ2n) is 3.98. The number of hydrogen-bond donors (Lipinski definition) is 3. The lowest BCUT2D eigenvalue weighted by molar-refractivity contribution is 1.07. The number of para-hydroxylation sites is 2. The third-order valence-corrected chi connectivity index (χ3v) is 2.45. The Morgan fingerprint density at radius 3 is 1.60 bits per heavy atom. The largest absolute Gasteiger partial charge is 0.370 e. The predicted molar refractivity (Wildman–Crippen MR) is 82.5 cm³/mol. The maximum Gasteiger partial charge on any atom is 0.241 e. The van der Waals surface area contributed by atoms with Crippen molar-refractivity contribution in [3.8, 4) is 0 Å². The van der Waals surface area contributed by atoms with Crippen molar-refractivity contribution in [3.05, 3.63) is 60.7 Å². The van der Waals surface area contributed by atoms with Crippen LogP contribution in [-0.2, 0) is 0 Å². The highest BCUT2D eigenvalue weighted by Gasteiger charge is 2.08. The summed E-state index contributed by atoms with van der Waals surface area (Å²) >= 11 is 0. The molecule has 0 saturated carbocycles. The first-order chi connectivity index (χ1) is 9.66. The first-order valence-corrected chi connectivity index (χ1v) is 6.01. The van der Waals surface area contributed by atoms with Gasteiger partial charge in [0, 0.05) is 0 Å². The van der Waals surface area contributed by atoms with Crippen molar-refractivity contribution >= 4 is 23.3 Å². The molecule has 20 heavy (non-hydrogen) atoms. The minimum atomic E-state index is -0.132. The highest BCUT2D eigenvalue weighted by Crippen LogP contribution is 2.25. The van der Waals surface area contributed by atoms with Crippen molar-refractivity contribution in [1.82, 2.24) is 0 Å². The zero-order valence-electron chi connectivity index (χ0n) is 10.8. The van der Waals surface area contributed by atoms with Gasteiger partial charge in [0.15, 0.2) is 5.96 Å². The van der Waals surface area contributed by atoms with Gasteiger partial charge in [-0.05, 0) is 24.3 Å². The van der Waals surface area contributed by atoms with Gasteiger partial charge in [-0.3, -0.25) is 0 Å². The number of guanidine groups is 2. The number of rotatable bonds is 3. The second-order valence-corrected chi connectivity index (χ2v) is 3.98. The van der Waals surface area contributed by atoms with Crippen LogP contribution in [0.25, 0.3) is 0 Å². The van der Waals surface area contributed by atoms with E-state index in [0.29, 0.717) is 0 Å². The van der Waals surface area contributed by atoms with Gasteiger partial charge in [-0.2, -0.15) is 4.99 Å². The molecule has 2 aromatic rings. The average molecular weight is 268 g/mol. The first kappa shape index (κ1) is 13.4. The topological polar surface area (TPSA) is 106 Å². The average Bonchev–Trinajstić information content (AvgIpc) is 2.46. The molecule has 0 aliphatic heterocycles. The van der Waals surface area contributed by atoms with E-state index in [1.54, 1.807) is 5.01 Å². The van der Waals surface area contributed by atoms with Gasteiger partial charge < -0.3 is 17.2 Å². The maximum atomic E-state index is 5.71. The fourth-order valence-corrected chi connectivity index (χ4v) is 1.66. The maximum absolute atomic E-state index is 5.71. The van der Waals surface area contributed by atoms with Crippen molar-refractivity contribution in [1.29, 1.82) is 0 Å². The first-order valence-electron chi connectivity index (χ1n) is 6.01. The zero-order valence-corrected chi connectivity index (χ0v) is 10.8. The number of aliphatic imine (C=N–C) groups is 1. The Hall–Kier alpha value is -3.02. The Bertz CT molecular complexity index is 563. The van der Waals surface area contributed by atoms with Crippen LogP contribution in [0.4, 0.5) is 11.4 Å². The Labute approximate surface area is 117 Å². The number of nitrogens with zero attached hydrogens (tertiary/aromatic N) is 3. The molecule has 0 aliphatic rings. The second kappa shape index (κ2) is 6.24. The van der Waals surface area contributed by atoms with Crippen LogP contribution in [0.2, 0.25) is 0 Å². The molecule has 0 atom stereocenters. The Balaban J connectivity index is 2.43. The third kappa shape index (κ3) is 3.49. The summed E-state index contributed by atoms with van der Waals surface area (Å²) in [6.07, 6.45) is 0. The molecule has 6 nitrogen and oxygen atoms in total. The van der Waals surface area contributed by atoms with E-state index in [-0.39, 0.29) is 11.9 Å². The van der Waals surface area contributed by atoms with Gasteiger partial charge in [0.25, 0.3) is 0 Å². The highest BCUT2D eigenvalue weighted by atomic mass is 15.5. The number of benzene rings is 2. The molecule has 2 aromatic carbocycles. The summed E-state index contributed by atoms with van der Waals surface area (Å²) in [5, 5.41) is 5.91.